The number of carbonyl (C=O) groups excluding carboxylic acids is 1. The first kappa shape index (κ1) is 21.4. The molecule has 2 rings (SSSR count). The number of nitrogens with zero attached hydrogens (tertiary/aromatic N) is 1. The molecular weight excluding hydrogens is 342 g/mol. The Hall–Kier alpha value is -1.88. The maximum atomic E-state index is 12.2. The molecule has 5 heteroatoms. The summed E-state index contributed by atoms with van der Waals surface area (Å²) >= 11 is 0. The van der Waals surface area contributed by atoms with Gasteiger partial charge in [-0.3, -0.25) is 4.79 Å². The summed E-state index contributed by atoms with van der Waals surface area (Å²) in [5, 5.41) is 19.1. The molecule has 1 amide bonds. The van der Waals surface area contributed by atoms with Crippen molar-refractivity contribution in [2.45, 2.75) is 83.3 Å². The third-order valence-electron chi connectivity index (χ3n) is 5.52. The summed E-state index contributed by atoms with van der Waals surface area (Å²) in [6.45, 7) is 2.84. The van der Waals surface area contributed by atoms with Gasteiger partial charge in [-0.05, 0) is 49.8 Å². The second-order valence-corrected chi connectivity index (χ2v) is 7.61. The number of hydrogen-bond donors (Lipinski definition) is 2. The summed E-state index contributed by atoms with van der Waals surface area (Å²) in [5.74, 6) is -0.732. The minimum Gasteiger partial charge on any atom is -0.478 e. The van der Waals surface area contributed by atoms with Crippen LogP contribution in [-0.4, -0.2) is 45.7 Å². The van der Waals surface area contributed by atoms with Crippen LogP contribution in [-0.2, 0) is 11.2 Å². The lowest BCUT2D eigenvalue weighted by molar-refractivity contribution is -0.129. The van der Waals surface area contributed by atoms with Gasteiger partial charge in [0.1, 0.15) is 0 Å². The Balaban J connectivity index is 1.77. The minimum atomic E-state index is -0.926. The van der Waals surface area contributed by atoms with Crippen LogP contribution < -0.4 is 0 Å². The Morgan fingerprint density at radius 3 is 2.59 bits per heavy atom. The van der Waals surface area contributed by atoms with Crippen molar-refractivity contribution in [3.8, 4) is 0 Å². The van der Waals surface area contributed by atoms with Crippen LogP contribution in [0, 0.1) is 0 Å². The van der Waals surface area contributed by atoms with Crippen LogP contribution in [0.4, 0.5) is 0 Å². The molecule has 1 aliphatic heterocycles. The van der Waals surface area contributed by atoms with Crippen molar-refractivity contribution in [2.24, 2.45) is 0 Å². The van der Waals surface area contributed by atoms with Gasteiger partial charge in [-0.15, -0.1) is 0 Å². The summed E-state index contributed by atoms with van der Waals surface area (Å²) in [5.41, 5.74) is 1.32. The number of unbranched alkanes of at least 4 members (excludes halogenated alkanes) is 3. The standard InChI is InChI=1S/C22H33NO4/c1-2-3-4-5-6-20(24)13-11-19-12-14-21(25)23(19)16-15-17-7-9-18(10-8-17)22(26)27/h7-10,19-20,24H,2-6,11-16H2,1H3,(H,26,27)/t19-,20-/m1/s1. The van der Waals surface area contributed by atoms with E-state index >= 15 is 0 Å². The highest BCUT2D eigenvalue weighted by atomic mass is 16.4. The fourth-order valence-electron chi connectivity index (χ4n) is 3.80. The normalized spacial score (nSPS) is 18.1. The Bertz CT molecular complexity index is 599. The summed E-state index contributed by atoms with van der Waals surface area (Å²) in [4.78, 5) is 25.1. The van der Waals surface area contributed by atoms with E-state index in [2.05, 4.69) is 6.92 Å². The molecule has 0 spiro atoms. The summed E-state index contributed by atoms with van der Waals surface area (Å²) in [7, 11) is 0. The van der Waals surface area contributed by atoms with Crippen molar-refractivity contribution in [2.75, 3.05) is 6.54 Å². The number of aliphatic hydroxyl groups is 1. The molecule has 1 aromatic rings. The molecule has 2 N–H and O–H groups in total. The van der Waals surface area contributed by atoms with Crippen molar-refractivity contribution in [3.05, 3.63) is 35.4 Å². The van der Waals surface area contributed by atoms with Crippen molar-refractivity contribution >= 4 is 11.9 Å². The molecule has 1 heterocycles. The van der Waals surface area contributed by atoms with Crippen LogP contribution in [0.2, 0.25) is 0 Å². The number of benzene rings is 1. The Morgan fingerprint density at radius 1 is 1.19 bits per heavy atom. The first-order valence-corrected chi connectivity index (χ1v) is 10.3. The van der Waals surface area contributed by atoms with E-state index in [0.717, 1.165) is 44.1 Å². The predicted octanol–water partition coefficient (Wildman–Crippen LogP) is 4.03. The van der Waals surface area contributed by atoms with Crippen molar-refractivity contribution in [1.82, 2.24) is 4.90 Å². The van der Waals surface area contributed by atoms with Crippen molar-refractivity contribution in [1.29, 1.82) is 0 Å². The zero-order valence-corrected chi connectivity index (χ0v) is 16.4. The molecule has 27 heavy (non-hydrogen) atoms. The topological polar surface area (TPSA) is 77.8 Å². The largest absolute Gasteiger partial charge is 0.478 e. The predicted molar refractivity (Wildman–Crippen MR) is 106 cm³/mol. The van der Waals surface area contributed by atoms with Gasteiger partial charge in [0.2, 0.25) is 5.91 Å². The molecule has 5 nitrogen and oxygen atoms in total. The lowest BCUT2D eigenvalue weighted by Gasteiger charge is -2.26. The Morgan fingerprint density at radius 2 is 1.93 bits per heavy atom. The quantitative estimate of drug-likeness (QED) is 0.541. The lowest BCUT2D eigenvalue weighted by Crippen LogP contribution is -2.35. The first-order valence-electron chi connectivity index (χ1n) is 10.3. The first-order chi connectivity index (χ1) is 13.0. The van der Waals surface area contributed by atoms with E-state index in [1.807, 2.05) is 17.0 Å². The SMILES string of the molecule is CCCCCC[C@@H](O)CC[C@@H]1CCC(=O)N1CCc1ccc(C(=O)O)cc1. The molecule has 2 atom stereocenters. The van der Waals surface area contributed by atoms with Crippen molar-refractivity contribution in [3.63, 3.8) is 0 Å². The molecule has 0 radical (unpaired) electrons. The number of carbonyl (C=O) groups is 2. The van der Waals surface area contributed by atoms with Gasteiger partial charge in [0, 0.05) is 19.0 Å². The van der Waals surface area contributed by atoms with Gasteiger partial charge in [0.25, 0.3) is 0 Å². The number of rotatable bonds is 12. The van der Waals surface area contributed by atoms with Crippen LogP contribution in [0.15, 0.2) is 24.3 Å². The fraction of sp³-hybridized carbons (Fsp3) is 0.636. The molecule has 0 unspecified atom stereocenters. The van der Waals surface area contributed by atoms with Gasteiger partial charge in [-0.1, -0.05) is 44.7 Å². The molecule has 0 saturated carbocycles. The van der Waals surface area contributed by atoms with Gasteiger partial charge in [-0.2, -0.15) is 0 Å². The highest BCUT2D eigenvalue weighted by molar-refractivity contribution is 5.87. The van der Waals surface area contributed by atoms with Gasteiger partial charge in [-0.25, -0.2) is 4.79 Å². The van der Waals surface area contributed by atoms with E-state index < -0.39 is 5.97 Å². The number of aliphatic hydroxyl groups excluding tert-OH is 1. The van der Waals surface area contributed by atoms with Crippen LogP contribution in [0.3, 0.4) is 0 Å². The molecule has 0 bridgehead atoms. The molecule has 0 aromatic heterocycles. The molecule has 150 valence electrons. The fourth-order valence-corrected chi connectivity index (χ4v) is 3.80. The third-order valence-corrected chi connectivity index (χ3v) is 5.52. The van der Waals surface area contributed by atoms with Crippen LogP contribution >= 0.6 is 0 Å². The summed E-state index contributed by atoms with van der Waals surface area (Å²) in [6.07, 6.45) is 9.10. The highest BCUT2D eigenvalue weighted by Gasteiger charge is 2.30. The summed E-state index contributed by atoms with van der Waals surface area (Å²) < 4.78 is 0. The van der Waals surface area contributed by atoms with Crippen molar-refractivity contribution < 1.29 is 19.8 Å². The molecule has 1 aromatic carbocycles. The van der Waals surface area contributed by atoms with Crippen LogP contribution in [0.1, 0.15) is 80.6 Å². The number of hydrogen-bond acceptors (Lipinski definition) is 3. The van der Waals surface area contributed by atoms with Crippen LogP contribution in [0.25, 0.3) is 0 Å². The molecule has 0 aliphatic carbocycles. The zero-order chi connectivity index (χ0) is 19.6. The monoisotopic (exact) mass is 375 g/mol. The smallest absolute Gasteiger partial charge is 0.335 e. The molecule has 1 aliphatic rings. The van der Waals surface area contributed by atoms with E-state index in [4.69, 9.17) is 5.11 Å². The van der Waals surface area contributed by atoms with Gasteiger partial charge >= 0.3 is 5.97 Å². The van der Waals surface area contributed by atoms with Gasteiger partial charge < -0.3 is 15.1 Å². The number of amides is 1. The Kier molecular flexibility index (Phi) is 8.79. The molecular formula is C22H33NO4. The summed E-state index contributed by atoms with van der Waals surface area (Å²) in [6, 6.07) is 7.07. The van der Waals surface area contributed by atoms with Gasteiger partial charge in [0.05, 0.1) is 11.7 Å². The number of carboxylic acid groups (broad SMARTS) is 1. The zero-order valence-electron chi connectivity index (χ0n) is 16.4. The Labute approximate surface area is 162 Å². The van der Waals surface area contributed by atoms with E-state index in [9.17, 15) is 14.7 Å². The van der Waals surface area contributed by atoms with E-state index in [-0.39, 0.29) is 23.6 Å². The van der Waals surface area contributed by atoms with Gasteiger partial charge in [0.15, 0.2) is 0 Å². The minimum absolute atomic E-state index is 0.194. The maximum Gasteiger partial charge on any atom is 0.335 e. The second-order valence-electron chi connectivity index (χ2n) is 7.61. The second kappa shape index (κ2) is 11.1. The molecule has 1 saturated heterocycles. The highest BCUT2D eigenvalue weighted by Crippen LogP contribution is 2.24. The average Bonchev–Trinajstić information content (AvgIpc) is 3.02. The number of carboxylic acids is 1. The number of likely N-dealkylation sites (tertiary alicyclic amines) is 1. The third kappa shape index (κ3) is 6.98. The van der Waals surface area contributed by atoms with E-state index in [0.29, 0.717) is 13.0 Å². The number of aromatic carboxylic acids is 1. The maximum absolute atomic E-state index is 12.2. The van der Waals surface area contributed by atoms with E-state index in [1.54, 1.807) is 12.1 Å². The average molecular weight is 376 g/mol. The van der Waals surface area contributed by atoms with Crippen LogP contribution in [0.5, 0.6) is 0 Å². The van der Waals surface area contributed by atoms with E-state index in [1.165, 1.54) is 19.3 Å². The lowest BCUT2D eigenvalue weighted by atomic mass is 10.0. The molecule has 1 fully saturated rings.